The number of halogens is 2. The molecule has 2 unspecified atom stereocenters. The number of nitrogens with zero attached hydrogens (tertiary/aromatic N) is 2. The maximum Gasteiger partial charge on any atom is 0.341 e. The third-order valence-corrected chi connectivity index (χ3v) is 7.41. The van der Waals surface area contributed by atoms with Crippen molar-refractivity contribution in [3.63, 3.8) is 0 Å². The predicted molar refractivity (Wildman–Crippen MR) is 136 cm³/mol. The molecule has 2 aliphatic rings. The van der Waals surface area contributed by atoms with Crippen LogP contribution in [0.1, 0.15) is 55.6 Å². The highest BCUT2D eigenvalue weighted by Gasteiger charge is 2.39. The smallest absolute Gasteiger partial charge is 0.341 e. The minimum atomic E-state index is -1.41. The zero-order valence-electron chi connectivity index (χ0n) is 20.5. The highest BCUT2D eigenvalue weighted by molar-refractivity contribution is 6.27. The maximum atomic E-state index is 14.9. The molecule has 2 aromatic rings. The standard InChI is InChI=1S/C27H30ClFN2O5/c1-26(2,3)22(15-32)30-14-19(25(35)36)24(34)18-12-16(6-7-21(18)30)11-17-13-27(28,9-8-20(17)29)31-10-4-5-23(31)33/h6-9,12-14,20,22,32H,4-5,10-11,15H2,1-3H3,(H,35,36)/t20?,22-,27?/m1/s1. The maximum absolute atomic E-state index is 14.9. The van der Waals surface area contributed by atoms with Crippen LogP contribution < -0.4 is 5.43 Å². The molecule has 192 valence electrons. The second-order valence-corrected chi connectivity index (χ2v) is 11.1. The van der Waals surface area contributed by atoms with E-state index in [0.717, 1.165) is 0 Å². The number of aliphatic hydroxyl groups excluding tert-OH is 1. The van der Waals surface area contributed by atoms with E-state index in [1.54, 1.807) is 28.8 Å². The van der Waals surface area contributed by atoms with Crippen molar-refractivity contribution >= 4 is 34.4 Å². The summed E-state index contributed by atoms with van der Waals surface area (Å²) in [6.45, 7) is 5.99. The summed E-state index contributed by atoms with van der Waals surface area (Å²) in [4.78, 5) is 37.5. The monoisotopic (exact) mass is 516 g/mol. The number of aromatic carboxylic acids is 1. The summed E-state index contributed by atoms with van der Waals surface area (Å²) < 4.78 is 16.5. The van der Waals surface area contributed by atoms with Gasteiger partial charge in [-0.2, -0.15) is 0 Å². The lowest BCUT2D eigenvalue weighted by Crippen LogP contribution is -2.44. The summed E-state index contributed by atoms with van der Waals surface area (Å²) in [5, 5.41) is 19.9. The molecule has 1 saturated heterocycles. The average molecular weight is 517 g/mol. The number of aromatic nitrogens is 1. The van der Waals surface area contributed by atoms with E-state index in [2.05, 4.69) is 0 Å². The number of aliphatic hydroxyl groups is 1. The second kappa shape index (κ2) is 9.48. The lowest BCUT2D eigenvalue weighted by atomic mass is 9.86. The van der Waals surface area contributed by atoms with E-state index in [0.29, 0.717) is 36.0 Å². The van der Waals surface area contributed by atoms with Crippen LogP contribution in [0.25, 0.3) is 10.9 Å². The first kappa shape index (κ1) is 26.1. The van der Waals surface area contributed by atoms with Crippen molar-refractivity contribution in [2.45, 2.75) is 57.2 Å². The predicted octanol–water partition coefficient (Wildman–Crippen LogP) is 4.21. The van der Waals surface area contributed by atoms with E-state index in [1.807, 2.05) is 20.8 Å². The molecule has 0 saturated carbocycles. The van der Waals surface area contributed by atoms with Gasteiger partial charge in [0.15, 0.2) is 5.00 Å². The number of carbonyl (C=O) groups is 2. The lowest BCUT2D eigenvalue weighted by Gasteiger charge is -2.35. The molecule has 2 N–H and O–H groups in total. The number of likely N-dealkylation sites (tertiary alicyclic amines) is 1. The molecular formula is C27H30ClFN2O5. The number of amides is 1. The van der Waals surface area contributed by atoms with E-state index in [1.165, 1.54) is 23.2 Å². The molecule has 1 aliphatic carbocycles. The van der Waals surface area contributed by atoms with E-state index >= 15 is 0 Å². The Bertz CT molecular complexity index is 1340. The number of rotatable bonds is 6. The van der Waals surface area contributed by atoms with Crippen molar-refractivity contribution in [1.29, 1.82) is 0 Å². The molecule has 1 aromatic heterocycles. The number of hydrogen-bond acceptors (Lipinski definition) is 4. The molecule has 7 nitrogen and oxygen atoms in total. The molecule has 0 spiro atoms. The van der Waals surface area contributed by atoms with Gasteiger partial charge in [-0.1, -0.05) is 38.4 Å². The topological polar surface area (TPSA) is 99.8 Å². The van der Waals surface area contributed by atoms with Gasteiger partial charge in [-0.05, 0) is 59.8 Å². The van der Waals surface area contributed by atoms with Crippen molar-refractivity contribution in [3.8, 4) is 0 Å². The van der Waals surface area contributed by atoms with Gasteiger partial charge in [0.05, 0.1) is 18.2 Å². The molecule has 2 heterocycles. The van der Waals surface area contributed by atoms with Crippen LogP contribution in [0.15, 0.2) is 53.0 Å². The SMILES string of the molecule is CC(C)(C)[C@@H](CO)n1cc(C(=O)O)c(=O)c2cc(CC3=CC(Cl)(N4CCCC4=O)C=CC3F)ccc21. The van der Waals surface area contributed by atoms with Crippen molar-refractivity contribution in [2.24, 2.45) is 5.41 Å². The molecule has 4 rings (SSSR count). The van der Waals surface area contributed by atoms with Crippen LogP contribution in [0.2, 0.25) is 0 Å². The van der Waals surface area contributed by atoms with Gasteiger partial charge in [0.25, 0.3) is 0 Å². The molecule has 0 bridgehead atoms. The van der Waals surface area contributed by atoms with E-state index < -0.39 is 39.6 Å². The zero-order chi connectivity index (χ0) is 26.4. The van der Waals surface area contributed by atoms with E-state index in [-0.39, 0.29) is 24.3 Å². The van der Waals surface area contributed by atoms with Gasteiger partial charge in [-0.3, -0.25) is 9.59 Å². The third-order valence-electron chi connectivity index (χ3n) is 6.97. The van der Waals surface area contributed by atoms with Crippen LogP contribution in [-0.4, -0.2) is 55.9 Å². The van der Waals surface area contributed by atoms with Crippen molar-refractivity contribution in [3.05, 3.63) is 69.5 Å². The Morgan fingerprint density at radius 1 is 1.31 bits per heavy atom. The summed E-state index contributed by atoms with van der Waals surface area (Å²) in [6, 6.07) is 4.52. The average Bonchev–Trinajstić information content (AvgIpc) is 3.24. The van der Waals surface area contributed by atoms with Crippen LogP contribution in [0.5, 0.6) is 0 Å². The van der Waals surface area contributed by atoms with Gasteiger partial charge in [0.1, 0.15) is 11.7 Å². The summed E-state index contributed by atoms with van der Waals surface area (Å²) in [6.07, 6.45) is 5.46. The van der Waals surface area contributed by atoms with Crippen LogP contribution in [0, 0.1) is 5.41 Å². The van der Waals surface area contributed by atoms with Crippen molar-refractivity contribution < 1.29 is 24.2 Å². The molecule has 1 amide bonds. The number of allylic oxidation sites excluding steroid dienone is 2. The molecule has 1 aliphatic heterocycles. The summed E-state index contributed by atoms with van der Waals surface area (Å²) in [5.41, 5.74) is -0.0537. The highest BCUT2D eigenvalue weighted by atomic mass is 35.5. The number of alkyl halides is 2. The van der Waals surface area contributed by atoms with Gasteiger partial charge >= 0.3 is 5.97 Å². The molecule has 0 radical (unpaired) electrons. The molecule has 36 heavy (non-hydrogen) atoms. The van der Waals surface area contributed by atoms with Crippen LogP contribution in [0.3, 0.4) is 0 Å². The van der Waals surface area contributed by atoms with Gasteiger partial charge in [-0.25, -0.2) is 9.18 Å². The number of fused-ring (bicyclic) bond motifs is 1. The fourth-order valence-electron chi connectivity index (χ4n) is 5.00. The van der Waals surface area contributed by atoms with Gasteiger partial charge < -0.3 is 19.7 Å². The normalized spacial score (nSPS) is 23.3. The van der Waals surface area contributed by atoms with Crippen molar-refractivity contribution in [1.82, 2.24) is 9.47 Å². The quantitative estimate of drug-likeness (QED) is 0.340. The fourth-order valence-corrected chi connectivity index (χ4v) is 5.39. The van der Waals surface area contributed by atoms with E-state index in [9.17, 15) is 29.0 Å². The number of hydrogen-bond donors (Lipinski definition) is 2. The van der Waals surface area contributed by atoms with Gasteiger partial charge in [0.2, 0.25) is 11.3 Å². The molecular weight excluding hydrogens is 487 g/mol. The molecule has 1 fully saturated rings. The van der Waals surface area contributed by atoms with Crippen LogP contribution >= 0.6 is 11.6 Å². The van der Waals surface area contributed by atoms with Gasteiger partial charge in [0, 0.05) is 24.5 Å². The Hall–Kier alpha value is -2.97. The first-order valence-corrected chi connectivity index (χ1v) is 12.3. The van der Waals surface area contributed by atoms with Crippen LogP contribution in [0.4, 0.5) is 4.39 Å². The third kappa shape index (κ3) is 4.72. The van der Waals surface area contributed by atoms with E-state index in [4.69, 9.17) is 11.6 Å². The van der Waals surface area contributed by atoms with Gasteiger partial charge in [-0.15, -0.1) is 0 Å². The number of carboxylic acid groups (broad SMARTS) is 1. The first-order chi connectivity index (χ1) is 16.9. The molecule has 3 atom stereocenters. The van der Waals surface area contributed by atoms with Crippen molar-refractivity contribution in [2.75, 3.05) is 13.2 Å². The minimum Gasteiger partial charge on any atom is -0.477 e. The first-order valence-electron chi connectivity index (χ1n) is 11.9. The molecule has 1 aromatic carbocycles. The summed E-state index contributed by atoms with van der Waals surface area (Å²) in [5.74, 6) is -1.45. The van der Waals surface area contributed by atoms with Crippen LogP contribution in [-0.2, 0) is 11.2 Å². The number of carbonyl (C=O) groups excluding carboxylic acids is 1. The summed E-state index contributed by atoms with van der Waals surface area (Å²) in [7, 11) is 0. The number of pyridine rings is 1. The Kier molecular flexibility index (Phi) is 6.88. The number of benzene rings is 1. The minimum absolute atomic E-state index is 0.0905. The Labute approximate surface area is 213 Å². The Balaban J connectivity index is 1.80. The summed E-state index contributed by atoms with van der Waals surface area (Å²) >= 11 is 6.73. The fraction of sp³-hybridized carbons (Fsp3) is 0.444. The number of carboxylic acids is 1. The zero-order valence-corrected chi connectivity index (χ0v) is 21.3. The Morgan fingerprint density at radius 2 is 2.03 bits per heavy atom. The lowest BCUT2D eigenvalue weighted by molar-refractivity contribution is -0.129. The Morgan fingerprint density at radius 3 is 2.61 bits per heavy atom. The molecule has 9 heteroatoms. The second-order valence-electron chi connectivity index (χ2n) is 10.5. The highest BCUT2D eigenvalue weighted by Crippen LogP contribution is 2.37. The largest absolute Gasteiger partial charge is 0.477 e.